The van der Waals surface area contributed by atoms with E-state index >= 15 is 0 Å². The van der Waals surface area contributed by atoms with E-state index in [1.54, 1.807) is 17.7 Å². The molecule has 0 unspecified atom stereocenters. The smallest absolute Gasteiger partial charge is 0.234 e. The van der Waals surface area contributed by atoms with Crippen LogP contribution in [0.1, 0.15) is 61.8 Å². The summed E-state index contributed by atoms with van der Waals surface area (Å²) in [5, 5.41) is 1.02. The molecule has 7 heteroatoms. The Balaban J connectivity index is 1.65. The molecule has 1 atom stereocenters. The molecule has 4 rings (SSSR count). The molecule has 1 amide bonds. The largest absolute Gasteiger partial charge is 0.474 e. The number of nitrogens with two attached hydrogens (primary N) is 1. The molecule has 25 heavy (non-hydrogen) atoms. The van der Waals surface area contributed by atoms with Gasteiger partial charge in [0.15, 0.2) is 0 Å². The highest BCUT2D eigenvalue weighted by molar-refractivity contribution is 7.19. The lowest BCUT2D eigenvalue weighted by Gasteiger charge is -2.26. The van der Waals surface area contributed by atoms with Gasteiger partial charge in [-0.3, -0.25) is 10.2 Å². The summed E-state index contributed by atoms with van der Waals surface area (Å²) in [5.74, 6) is 6.81. The molecule has 2 aliphatic carbocycles. The fourth-order valence-corrected chi connectivity index (χ4v) is 5.35. The minimum absolute atomic E-state index is 0.127. The van der Waals surface area contributed by atoms with Crippen LogP contribution in [-0.2, 0) is 11.2 Å². The Labute approximate surface area is 151 Å². The van der Waals surface area contributed by atoms with Crippen LogP contribution >= 0.6 is 11.3 Å². The molecule has 0 bridgehead atoms. The molecule has 2 aromatic rings. The van der Waals surface area contributed by atoms with Gasteiger partial charge in [0.2, 0.25) is 11.8 Å². The van der Waals surface area contributed by atoms with E-state index in [4.69, 9.17) is 10.6 Å². The van der Waals surface area contributed by atoms with Crippen LogP contribution in [0.2, 0.25) is 0 Å². The van der Waals surface area contributed by atoms with E-state index in [-0.39, 0.29) is 17.9 Å². The Kier molecular flexibility index (Phi) is 4.60. The molecular weight excluding hydrogens is 336 g/mol. The number of rotatable bonds is 4. The molecule has 0 aliphatic heterocycles. The lowest BCUT2D eigenvalue weighted by atomic mass is 9.89. The van der Waals surface area contributed by atoms with Gasteiger partial charge >= 0.3 is 0 Å². The van der Waals surface area contributed by atoms with Crippen LogP contribution in [0.5, 0.6) is 5.88 Å². The first-order valence-electron chi connectivity index (χ1n) is 9.08. The van der Waals surface area contributed by atoms with Crippen molar-refractivity contribution in [1.82, 2.24) is 15.4 Å². The van der Waals surface area contributed by atoms with Crippen molar-refractivity contribution in [3.8, 4) is 5.88 Å². The van der Waals surface area contributed by atoms with Gasteiger partial charge in [0.25, 0.3) is 0 Å². The van der Waals surface area contributed by atoms with Crippen LogP contribution in [0.15, 0.2) is 6.33 Å². The van der Waals surface area contributed by atoms with E-state index in [2.05, 4.69) is 22.3 Å². The topological polar surface area (TPSA) is 90.1 Å². The van der Waals surface area contributed by atoms with E-state index in [1.807, 2.05) is 0 Å². The van der Waals surface area contributed by atoms with Gasteiger partial charge in [-0.25, -0.2) is 15.8 Å². The van der Waals surface area contributed by atoms with E-state index in [9.17, 15) is 4.79 Å². The van der Waals surface area contributed by atoms with Gasteiger partial charge in [-0.2, -0.15) is 0 Å². The van der Waals surface area contributed by atoms with Crippen molar-refractivity contribution in [3.05, 3.63) is 16.8 Å². The number of hydrogen-bond donors (Lipinski definition) is 2. The molecule has 0 aromatic carbocycles. The predicted molar refractivity (Wildman–Crippen MR) is 97.5 cm³/mol. The Bertz CT molecular complexity index is 783. The second-order valence-electron chi connectivity index (χ2n) is 7.30. The fourth-order valence-electron chi connectivity index (χ4n) is 4.12. The number of amides is 1. The standard InChI is InChI=1S/C18H24N4O2S/c1-10-2-5-12(6-3-10)24-17-16-15-11(8-14(23)22-19)4-7-13(15)25-18(16)21-9-20-17/h9-12H,2-8,19H2,1H3,(H,22,23)/t10-,11-,12-/m1/s1. The first-order valence-corrected chi connectivity index (χ1v) is 9.89. The van der Waals surface area contributed by atoms with Gasteiger partial charge in [0.1, 0.15) is 17.3 Å². The van der Waals surface area contributed by atoms with Crippen molar-refractivity contribution in [3.63, 3.8) is 0 Å². The number of ether oxygens (including phenoxy) is 1. The second-order valence-corrected chi connectivity index (χ2v) is 8.39. The third kappa shape index (κ3) is 3.22. The van der Waals surface area contributed by atoms with Gasteiger partial charge in [-0.1, -0.05) is 6.92 Å². The quantitative estimate of drug-likeness (QED) is 0.497. The first-order chi connectivity index (χ1) is 12.2. The summed E-state index contributed by atoms with van der Waals surface area (Å²) in [6, 6.07) is 0. The van der Waals surface area contributed by atoms with Gasteiger partial charge in [-0.15, -0.1) is 11.3 Å². The van der Waals surface area contributed by atoms with Crippen LogP contribution in [0.25, 0.3) is 10.2 Å². The number of fused-ring (bicyclic) bond motifs is 3. The number of hydrazine groups is 1. The third-order valence-corrected chi connectivity index (χ3v) is 6.70. The number of hydrogen-bond acceptors (Lipinski definition) is 6. The summed E-state index contributed by atoms with van der Waals surface area (Å²) in [7, 11) is 0. The molecule has 2 aliphatic rings. The van der Waals surface area contributed by atoms with Gasteiger partial charge in [0.05, 0.1) is 5.39 Å². The summed E-state index contributed by atoms with van der Waals surface area (Å²) < 4.78 is 6.31. The van der Waals surface area contributed by atoms with E-state index < -0.39 is 0 Å². The maximum absolute atomic E-state index is 11.8. The van der Waals surface area contributed by atoms with E-state index in [0.717, 1.165) is 41.8 Å². The number of aryl methyl sites for hydroxylation is 1. The minimum atomic E-state index is -0.127. The molecule has 0 spiro atoms. The zero-order valence-electron chi connectivity index (χ0n) is 14.5. The van der Waals surface area contributed by atoms with Gasteiger partial charge < -0.3 is 4.74 Å². The van der Waals surface area contributed by atoms with Gasteiger partial charge in [0, 0.05) is 11.3 Å². The molecule has 1 fully saturated rings. The maximum Gasteiger partial charge on any atom is 0.234 e. The van der Waals surface area contributed by atoms with Crippen LogP contribution in [-0.4, -0.2) is 22.0 Å². The number of thiophene rings is 1. The fraction of sp³-hybridized carbons (Fsp3) is 0.611. The highest BCUT2D eigenvalue weighted by Crippen LogP contribution is 2.47. The number of nitrogens with zero attached hydrogens (tertiary/aromatic N) is 2. The predicted octanol–water partition coefficient (Wildman–Crippen LogP) is 3.06. The minimum Gasteiger partial charge on any atom is -0.474 e. The molecular formula is C18H24N4O2S. The second kappa shape index (κ2) is 6.88. The lowest BCUT2D eigenvalue weighted by Crippen LogP contribution is -2.30. The summed E-state index contributed by atoms with van der Waals surface area (Å²) in [5.41, 5.74) is 3.46. The zero-order valence-corrected chi connectivity index (χ0v) is 15.3. The van der Waals surface area contributed by atoms with Crippen molar-refractivity contribution in [2.24, 2.45) is 11.8 Å². The molecule has 0 radical (unpaired) electrons. The number of nitrogens with one attached hydrogen (secondary N) is 1. The normalized spacial score (nSPS) is 25.8. The van der Waals surface area contributed by atoms with Crippen LogP contribution in [0.4, 0.5) is 0 Å². The molecule has 0 saturated heterocycles. The number of carbonyl (C=O) groups is 1. The summed E-state index contributed by atoms with van der Waals surface area (Å²) in [6.07, 6.45) is 8.77. The average Bonchev–Trinajstić information content (AvgIpc) is 3.17. The Morgan fingerprint density at radius 2 is 2.12 bits per heavy atom. The highest BCUT2D eigenvalue weighted by atomic mass is 32.1. The first kappa shape index (κ1) is 16.7. The zero-order chi connectivity index (χ0) is 17.4. The molecule has 6 nitrogen and oxygen atoms in total. The maximum atomic E-state index is 11.8. The van der Waals surface area contributed by atoms with Crippen molar-refractivity contribution in [1.29, 1.82) is 0 Å². The molecule has 134 valence electrons. The lowest BCUT2D eigenvalue weighted by molar-refractivity contribution is -0.121. The van der Waals surface area contributed by atoms with Crippen molar-refractivity contribution < 1.29 is 9.53 Å². The van der Waals surface area contributed by atoms with Crippen molar-refractivity contribution in [2.45, 2.75) is 63.9 Å². The van der Waals surface area contributed by atoms with Gasteiger partial charge in [-0.05, 0) is 55.9 Å². The van der Waals surface area contributed by atoms with Crippen LogP contribution in [0.3, 0.4) is 0 Å². The van der Waals surface area contributed by atoms with E-state index in [0.29, 0.717) is 12.3 Å². The molecule has 1 saturated carbocycles. The van der Waals surface area contributed by atoms with E-state index in [1.165, 1.54) is 23.3 Å². The Morgan fingerprint density at radius 3 is 2.88 bits per heavy atom. The Morgan fingerprint density at radius 1 is 1.32 bits per heavy atom. The molecule has 2 heterocycles. The highest BCUT2D eigenvalue weighted by Gasteiger charge is 2.32. The monoisotopic (exact) mass is 360 g/mol. The number of carbonyl (C=O) groups excluding carboxylic acids is 1. The summed E-state index contributed by atoms with van der Waals surface area (Å²) in [4.78, 5) is 23.0. The summed E-state index contributed by atoms with van der Waals surface area (Å²) >= 11 is 1.71. The number of aromatic nitrogens is 2. The SMILES string of the molecule is C[C@H]1CC[C@H](Oc2ncnc3sc4c(c23)[C@@H](CC(=O)NN)CC4)CC1. The van der Waals surface area contributed by atoms with Crippen molar-refractivity contribution in [2.75, 3.05) is 0 Å². The molecule has 3 N–H and O–H groups in total. The van der Waals surface area contributed by atoms with Crippen molar-refractivity contribution >= 4 is 27.5 Å². The molecule has 2 aromatic heterocycles. The third-order valence-electron chi connectivity index (χ3n) is 5.53. The average molecular weight is 360 g/mol. The van der Waals surface area contributed by atoms with Crippen LogP contribution in [0, 0.1) is 5.92 Å². The van der Waals surface area contributed by atoms with Crippen LogP contribution < -0.4 is 16.0 Å². The Hall–Kier alpha value is -1.73. The summed E-state index contributed by atoms with van der Waals surface area (Å²) in [6.45, 7) is 2.30.